The molecule has 0 unspecified atom stereocenters. The molecule has 2 aromatic rings. The van der Waals surface area contributed by atoms with Crippen LogP contribution in [0.1, 0.15) is 22.8 Å². The van der Waals surface area contributed by atoms with Gasteiger partial charge in [0.1, 0.15) is 5.75 Å². The van der Waals surface area contributed by atoms with Crippen LogP contribution in [0.2, 0.25) is 0 Å². The maximum Gasteiger partial charge on any atom is 0.275 e. The minimum absolute atomic E-state index is 0.0949. The molecule has 2 aromatic carbocycles. The Labute approximate surface area is 153 Å². The number of nitrogens with one attached hydrogen (secondary N) is 1. The van der Waals surface area contributed by atoms with Gasteiger partial charge in [0, 0.05) is 0 Å². The molecule has 24 heavy (non-hydrogen) atoms. The fourth-order valence-electron chi connectivity index (χ4n) is 1.99. The van der Waals surface area contributed by atoms with Gasteiger partial charge in [-0.2, -0.15) is 5.10 Å². The number of hydrazone groups is 1. The van der Waals surface area contributed by atoms with Gasteiger partial charge < -0.3 is 14.6 Å². The van der Waals surface area contributed by atoms with Gasteiger partial charge in [0.2, 0.25) is 0 Å². The molecule has 0 aliphatic heterocycles. The summed E-state index contributed by atoms with van der Waals surface area (Å²) in [5.74, 6) is 0.688. The average Bonchev–Trinajstić information content (AvgIpc) is 2.57. The number of nitrogens with zero attached hydrogens (tertiary/aromatic N) is 1. The molecule has 7 heteroatoms. The predicted molar refractivity (Wildman–Crippen MR) is 100 cm³/mol. The van der Waals surface area contributed by atoms with Crippen LogP contribution in [0.4, 0.5) is 0 Å². The Morgan fingerprint density at radius 3 is 2.79 bits per heavy atom. The first kappa shape index (κ1) is 18.1. The minimum atomic E-state index is -0.489. The van der Waals surface area contributed by atoms with Crippen LogP contribution in [0.25, 0.3) is 0 Å². The fraction of sp³-hybridized carbons (Fsp3) is 0.176. The number of ether oxygens (including phenoxy) is 2. The molecule has 0 aliphatic carbocycles. The molecule has 0 heterocycles. The zero-order chi connectivity index (χ0) is 17.5. The number of aromatic hydroxyl groups is 1. The number of hydrogen-bond donors (Lipinski definition) is 2. The third-order valence-electron chi connectivity index (χ3n) is 3.07. The highest BCUT2D eigenvalue weighted by atomic mass is 127. The van der Waals surface area contributed by atoms with Crippen LogP contribution >= 0.6 is 22.6 Å². The number of phenols is 1. The van der Waals surface area contributed by atoms with Crippen LogP contribution in [-0.2, 0) is 0 Å². The first-order valence-electron chi connectivity index (χ1n) is 7.18. The van der Waals surface area contributed by atoms with E-state index in [0.717, 1.165) is 9.13 Å². The molecule has 0 saturated carbocycles. The Bertz CT molecular complexity index is 762. The van der Waals surface area contributed by atoms with Crippen molar-refractivity contribution in [2.45, 2.75) is 6.92 Å². The van der Waals surface area contributed by atoms with Gasteiger partial charge in [-0.05, 0) is 59.3 Å². The van der Waals surface area contributed by atoms with E-state index in [0.29, 0.717) is 18.1 Å². The fourth-order valence-corrected chi connectivity index (χ4v) is 2.77. The Balaban J connectivity index is 2.13. The summed E-state index contributed by atoms with van der Waals surface area (Å²) < 4.78 is 11.7. The highest BCUT2D eigenvalue weighted by molar-refractivity contribution is 14.1. The third kappa shape index (κ3) is 4.38. The van der Waals surface area contributed by atoms with E-state index in [1.807, 2.05) is 13.0 Å². The quantitative estimate of drug-likeness (QED) is 0.411. The molecule has 126 valence electrons. The minimum Gasteiger partial charge on any atom is -0.507 e. The second kappa shape index (κ2) is 8.53. The largest absolute Gasteiger partial charge is 0.507 e. The van der Waals surface area contributed by atoms with E-state index in [9.17, 15) is 9.90 Å². The first-order valence-corrected chi connectivity index (χ1v) is 8.26. The maximum absolute atomic E-state index is 12.0. The molecule has 0 radical (unpaired) electrons. The molecule has 0 aliphatic rings. The number of hydrogen-bond acceptors (Lipinski definition) is 5. The Morgan fingerprint density at radius 1 is 1.38 bits per heavy atom. The van der Waals surface area contributed by atoms with Crippen molar-refractivity contribution in [1.29, 1.82) is 0 Å². The topological polar surface area (TPSA) is 80.2 Å². The number of carbonyl (C=O) groups is 1. The van der Waals surface area contributed by atoms with E-state index in [1.54, 1.807) is 25.3 Å². The lowest BCUT2D eigenvalue weighted by molar-refractivity contribution is 0.0952. The standard InChI is InChI=1S/C17H17IN2O4/c1-3-24-16-13(18)8-11(9-15(16)23-2)10-19-20-17(22)12-6-4-5-7-14(12)21/h4-10,21H,3H2,1-2H3,(H,20,22)/b19-10-. The van der Waals surface area contributed by atoms with Gasteiger partial charge in [0.25, 0.3) is 5.91 Å². The molecule has 0 aromatic heterocycles. The van der Waals surface area contributed by atoms with E-state index in [4.69, 9.17) is 9.47 Å². The zero-order valence-electron chi connectivity index (χ0n) is 13.2. The van der Waals surface area contributed by atoms with Crippen LogP contribution in [0.5, 0.6) is 17.2 Å². The van der Waals surface area contributed by atoms with Gasteiger partial charge in [-0.3, -0.25) is 4.79 Å². The van der Waals surface area contributed by atoms with E-state index in [2.05, 4.69) is 33.1 Å². The molecule has 0 bridgehead atoms. The molecule has 0 spiro atoms. The van der Waals surface area contributed by atoms with Crippen LogP contribution in [0, 0.1) is 3.57 Å². The van der Waals surface area contributed by atoms with E-state index in [1.165, 1.54) is 18.3 Å². The number of amides is 1. The summed E-state index contributed by atoms with van der Waals surface area (Å²) in [5.41, 5.74) is 3.29. The number of para-hydroxylation sites is 1. The number of benzene rings is 2. The molecule has 2 N–H and O–H groups in total. The molecule has 6 nitrogen and oxygen atoms in total. The van der Waals surface area contributed by atoms with Crippen molar-refractivity contribution in [3.8, 4) is 17.2 Å². The number of carbonyl (C=O) groups excluding carboxylic acids is 1. The summed E-state index contributed by atoms with van der Waals surface area (Å²) in [6, 6.07) is 9.90. The van der Waals surface area contributed by atoms with Gasteiger partial charge >= 0.3 is 0 Å². The molecule has 2 rings (SSSR count). The monoisotopic (exact) mass is 440 g/mol. The van der Waals surface area contributed by atoms with Crippen molar-refractivity contribution in [2.75, 3.05) is 13.7 Å². The second-order valence-corrected chi connectivity index (χ2v) is 5.85. The lowest BCUT2D eigenvalue weighted by Crippen LogP contribution is -2.17. The maximum atomic E-state index is 12.0. The van der Waals surface area contributed by atoms with Crippen molar-refractivity contribution in [2.24, 2.45) is 5.10 Å². The van der Waals surface area contributed by atoms with Crippen molar-refractivity contribution >= 4 is 34.7 Å². The number of halogens is 1. The normalized spacial score (nSPS) is 10.6. The molecule has 1 amide bonds. The summed E-state index contributed by atoms with van der Waals surface area (Å²) in [7, 11) is 1.56. The molecule has 0 saturated heterocycles. The Hall–Kier alpha value is -2.29. The Morgan fingerprint density at radius 2 is 2.12 bits per heavy atom. The van der Waals surface area contributed by atoms with Gasteiger partial charge in [0.05, 0.1) is 29.1 Å². The number of methoxy groups -OCH3 is 1. The average molecular weight is 440 g/mol. The first-order chi connectivity index (χ1) is 11.6. The number of phenolic OH excluding ortho intramolecular Hbond substituents is 1. The van der Waals surface area contributed by atoms with Crippen LogP contribution in [-0.4, -0.2) is 30.9 Å². The van der Waals surface area contributed by atoms with Crippen molar-refractivity contribution in [1.82, 2.24) is 5.43 Å². The van der Waals surface area contributed by atoms with Crippen LogP contribution in [0.15, 0.2) is 41.5 Å². The SMILES string of the molecule is CCOc1c(I)cc(/C=N\NC(=O)c2ccccc2O)cc1OC. The lowest BCUT2D eigenvalue weighted by atomic mass is 10.2. The van der Waals surface area contributed by atoms with Crippen LogP contribution < -0.4 is 14.9 Å². The van der Waals surface area contributed by atoms with Gasteiger partial charge in [0.15, 0.2) is 11.5 Å². The van der Waals surface area contributed by atoms with Crippen LogP contribution in [0.3, 0.4) is 0 Å². The molecule has 0 atom stereocenters. The summed E-state index contributed by atoms with van der Waals surface area (Å²) >= 11 is 2.15. The summed E-state index contributed by atoms with van der Waals surface area (Å²) in [6.07, 6.45) is 1.50. The molecule has 0 fully saturated rings. The smallest absolute Gasteiger partial charge is 0.275 e. The van der Waals surface area contributed by atoms with Gasteiger partial charge in [-0.15, -0.1) is 0 Å². The third-order valence-corrected chi connectivity index (χ3v) is 3.87. The summed E-state index contributed by atoms with van der Waals surface area (Å²) in [4.78, 5) is 12.0. The van der Waals surface area contributed by atoms with Gasteiger partial charge in [-0.1, -0.05) is 12.1 Å². The molecular formula is C17H17IN2O4. The Kier molecular flexibility index (Phi) is 6.42. The summed E-state index contributed by atoms with van der Waals surface area (Å²) in [6.45, 7) is 2.44. The van der Waals surface area contributed by atoms with E-state index in [-0.39, 0.29) is 11.3 Å². The van der Waals surface area contributed by atoms with Gasteiger partial charge in [-0.25, -0.2) is 5.43 Å². The zero-order valence-corrected chi connectivity index (χ0v) is 15.4. The van der Waals surface area contributed by atoms with E-state index < -0.39 is 5.91 Å². The summed E-state index contributed by atoms with van der Waals surface area (Å²) in [5, 5.41) is 13.6. The number of rotatable bonds is 6. The lowest BCUT2D eigenvalue weighted by Gasteiger charge is -2.12. The molecular weight excluding hydrogens is 423 g/mol. The second-order valence-electron chi connectivity index (χ2n) is 4.68. The highest BCUT2D eigenvalue weighted by Gasteiger charge is 2.11. The predicted octanol–water partition coefficient (Wildman–Crippen LogP) is 3.17. The van der Waals surface area contributed by atoms with Crippen molar-refractivity contribution in [3.63, 3.8) is 0 Å². The van der Waals surface area contributed by atoms with Crippen molar-refractivity contribution < 1.29 is 19.4 Å². The highest BCUT2D eigenvalue weighted by Crippen LogP contribution is 2.33. The van der Waals surface area contributed by atoms with Crippen molar-refractivity contribution in [3.05, 3.63) is 51.1 Å². The van der Waals surface area contributed by atoms with E-state index >= 15 is 0 Å².